The molecule has 0 saturated carbocycles. The van der Waals surface area contributed by atoms with Crippen molar-refractivity contribution in [3.8, 4) is 0 Å². The van der Waals surface area contributed by atoms with Crippen LogP contribution in [0.15, 0.2) is 0 Å². The minimum atomic E-state index is 0.103. The quantitative estimate of drug-likeness (QED) is 0.478. The van der Waals surface area contributed by atoms with Crippen LogP contribution in [0.2, 0.25) is 24.2 Å². The fourth-order valence-electron chi connectivity index (χ4n) is 0.648. The summed E-state index contributed by atoms with van der Waals surface area (Å²) in [6.07, 6.45) is 3.90. The normalized spacial score (nSPS) is 9.17. The van der Waals surface area contributed by atoms with E-state index in [2.05, 4.69) is 50.0 Å². The monoisotopic (exact) mass is 195 g/mol. The Kier molecular flexibility index (Phi) is 18.5. The van der Waals surface area contributed by atoms with Crippen LogP contribution >= 0.6 is 12.2 Å². The van der Waals surface area contributed by atoms with Crippen LogP contribution in [0.5, 0.6) is 0 Å². The number of thiocarbonyl (C=S) groups is 1. The summed E-state index contributed by atoms with van der Waals surface area (Å²) in [4.78, 5) is 0. The number of unbranched alkanes of at least 4 members (excludes halogenated alkanes) is 1. The van der Waals surface area contributed by atoms with Gasteiger partial charge >= 0.3 is 46.8 Å². The Hall–Kier alpha value is 0.904. The molecule has 67 valence electrons. The fraction of sp³-hybridized carbons (Fsp3) is 0.889. The van der Waals surface area contributed by atoms with Crippen LogP contribution in [-0.2, 0) is 0 Å². The van der Waals surface area contributed by atoms with E-state index in [9.17, 15) is 0 Å². The molecule has 1 radical (unpaired) electrons. The van der Waals surface area contributed by atoms with Crippen LogP contribution in [0.25, 0.3) is 0 Å². The summed E-state index contributed by atoms with van der Waals surface area (Å²) in [5, 5.41) is 2.95. The molecule has 0 aliphatic rings. The van der Waals surface area contributed by atoms with E-state index >= 15 is 0 Å². The van der Waals surface area contributed by atoms with E-state index in [0.717, 1.165) is 6.42 Å². The van der Waals surface area contributed by atoms with E-state index in [1.54, 1.807) is 5.37 Å². The second-order valence-electron chi connectivity index (χ2n) is 3.27. The van der Waals surface area contributed by atoms with Crippen molar-refractivity contribution in [2.75, 3.05) is 0 Å². The van der Waals surface area contributed by atoms with Gasteiger partial charge in [0.1, 0.15) is 0 Å². The van der Waals surface area contributed by atoms with E-state index in [0.29, 0.717) is 0 Å². The van der Waals surface area contributed by atoms with Crippen LogP contribution in [0, 0.1) is 0 Å². The standard InChI is InChI=1S/C6H15Si.C3H5S.Li/c1-4-5-6-7(2)3;1-2-3-4;/h4-6H2,1-3H3;3H,1-2H2;. The first kappa shape index (κ1) is 15.4. The zero-order valence-electron chi connectivity index (χ0n) is 9.02. The molecule has 0 unspecified atom stereocenters. The zero-order valence-corrected chi connectivity index (χ0v) is 10.8. The Labute approximate surface area is 94.3 Å². The number of rotatable bonds is 5. The molecule has 0 aliphatic carbocycles. The van der Waals surface area contributed by atoms with E-state index in [1.165, 1.54) is 24.0 Å². The van der Waals surface area contributed by atoms with Crippen LogP contribution < -0.4 is 0 Å². The maximum absolute atomic E-state index is 4.53. The van der Waals surface area contributed by atoms with Crippen molar-refractivity contribution in [1.29, 1.82) is 0 Å². The third-order valence-corrected chi connectivity index (χ3v) is 3.03. The van der Waals surface area contributed by atoms with Crippen LogP contribution in [0.3, 0.4) is 0 Å². The second-order valence-corrected chi connectivity index (χ2v) is 6.51. The SMILES string of the molecule is CCCC[Si](C)C.[Li][CH2]CC=S. The van der Waals surface area contributed by atoms with E-state index in [-0.39, 0.29) is 8.80 Å². The molecule has 0 N–H and O–H groups in total. The summed E-state index contributed by atoms with van der Waals surface area (Å²) in [5.74, 6) is 0. The van der Waals surface area contributed by atoms with Gasteiger partial charge in [-0.05, 0) is 0 Å². The van der Waals surface area contributed by atoms with E-state index in [4.69, 9.17) is 0 Å². The summed E-state index contributed by atoms with van der Waals surface area (Å²) in [6.45, 7) is 7.01. The molecule has 0 bridgehead atoms. The first-order valence-corrected chi connectivity index (χ1v) is 8.09. The molecule has 0 rings (SSSR count). The summed E-state index contributed by atoms with van der Waals surface area (Å²) in [7, 11) is 0.103. The van der Waals surface area contributed by atoms with Gasteiger partial charge in [0.05, 0.1) is 0 Å². The van der Waals surface area contributed by atoms with Crippen molar-refractivity contribution >= 4 is 44.1 Å². The summed E-state index contributed by atoms with van der Waals surface area (Å²) in [6, 6.07) is 1.50. The molecule has 0 atom stereocenters. The minimum absolute atomic E-state index is 0.103. The molecule has 0 spiro atoms. The van der Waals surface area contributed by atoms with Gasteiger partial charge in [0.15, 0.2) is 0 Å². The Morgan fingerprint density at radius 3 is 2.08 bits per heavy atom. The molecule has 12 heavy (non-hydrogen) atoms. The van der Waals surface area contributed by atoms with Gasteiger partial charge in [-0.15, -0.1) is 0 Å². The van der Waals surface area contributed by atoms with Gasteiger partial charge in [-0.2, -0.15) is 0 Å². The molecular weight excluding hydrogens is 175 g/mol. The molecular formula is C9H20LiSSi. The van der Waals surface area contributed by atoms with Crippen molar-refractivity contribution in [2.45, 2.75) is 50.4 Å². The van der Waals surface area contributed by atoms with Gasteiger partial charge in [0, 0.05) is 8.80 Å². The van der Waals surface area contributed by atoms with Gasteiger partial charge in [-0.1, -0.05) is 38.9 Å². The molecule has 0 aromatic heterocycles. The maximum atomic E-state index is 4.53. The summed E-state index contributed by atoms with van der Waals surface area (Å²) < 4.78 is 0. The van der Waals surface area contributed by atoms with E-state index in [1.807, 2.05) is 0 Å². The second kappa shape index (κ2) is 14.4. The Bertz CT molecular complexity index is 86.6. The van der Waals surface area contributed by atoms with Gasteiger partial charge in [0.25, 0.3) is 0 Å². The fourth-order valence-corrected chi connectivity index (χ4v) is 1.94. The average molecular weight is 195 g/mol. The van der Waals surface area contributed by atoms with Crippen molar-refractivity contribution in [1.82, 2.24) is 0 Å². The molecule has 0 fully saturated rings. The van der Waals surface area contributed by atoms with Gasteiger partial charge in [-0.25, -0.2) is 0 Å². The average Bonchev–Trinajstić information content (AvgIpc) is 2.03. The van der Waals surface area contributed by atoms with E-state index < -0.39 is 0 Å². The first-order chi connectivity index (χ1) is 5.68. The predicted octanol–water partition coefficient (Wildman–Crippen LogP) is 3.50. The molecule has 0 aliphatic heterocycles. The van der Waals surface area contributed by atoms with Crippen molar-refractivity contribution in [2.24, 2.45) is 0 Å². The molecule has 0 aromatic rings. The molecule has 0 nitrogen and oxygen atoms in total. The predicted molar refractivity (Wildman–Crippen MR) is 66.0 cm³/mol. The van der Waals surface area contributed by atoms with Crippen molar-refractivity contribution < 1.29 is 0 Å². The van der Waals surface area contributed by atoms with Crippen molar-refractivity contribution in [3.63, 3.8) is 0 Å². The Balaban J connectivity index is 0. The zero-order chi connectivity index (χ0) is 9.82. The molecule has 0 aromatic carbocycles. The molecule has 0 amide bonds. The van der Waals surface area contributed by atoms with Crippen LogP contribution in [0.1, 0.15) is 26.2 Å². The van der Waals surface area contributed by atoms with Gasteiger partial charge in [0.2, 0.25) is 0 Å². The van der Waals surface area contributed by atoms with Crippen LogP contribution in [-0.4, -0.2) is 31.9 Å². The summed E-state index contributed by atoms with van der Waals surface area (Å²) >= 11 is 6.64. The third kappa shape index (κ3) is 22.4. The Morgan fingerprint density at radius 1 is 1.42 bits per heavy atom. The van der Waals surface area contributed by atoms with Gasteiger partial charge in [-0.3, -0.25) is 0 Å². The topological polar surface area (TPSA) is 0 Å². The molecule has 3 heteroatoms. The number of hydrogen-bond acceptors (Lipinski definition) is 1. The van der Waals surface area contributed by atoms with Gasteiger partial charge < -0.3 is 0 Å². The first-order valence-electron chi connectivity index (χ1n) is 4.91. The Morgan fingerprint density at radius 2 is 2.00 bits per heavy atom. The molecule has 0 heterocycles. The number of hydrogen-bond donors (Lipinski definition) is 0. The van der Waals surface area contributed by atoms with Crippen LogP contribution in [0.4, 0.5) is 0 Å². The van der Waals surface area contributed by atoms with Crippen molar-refractivity contribution in [3.05, 3.63) is 0 Å². The molecule has 0 saturated heterocycles. The summed E-state index contributed by atoms with van der Waals surface area (Å²) in [5.41, 5.74) is 0. The third-order valence-electron chi connectivity index (χ3n) is 1.44.